The molecule has 0 aliphatic carbocycles. The first kappa shape index (κ1) is 22.1. The van der Waals surface area contributed by atoms with Crippen LogP contribution in [0.4, 0.5) is 0 Å². The van der Waals surface area contributed by atoms with Crippen LogP contribution in [-0.4, -0.2) is 29.2 Å². The molecule has 0 saturated carbocycles. The van der Waals surface area contributed by atoms with Gasteiger partial charge in [0.25, 0.3) is 0 Å². The van der Waals surface area contributed by atoms with Crippen LogP contribution in [0.3, 0.4) is 0 Å². The molecule has 0 bridgehead atoms. The highest BCUT2D eigenvalue weighted by atomic mass is 16.5. The van der Waals surface area contributed by atoms with Crippen LogP contribution < -0.4 is 14.8 Å². The van der Waals surface area contributed by atoms with Crippen LogP contribution in [0.5, 0.6) is 11.5 Å². The number of methoxy groups -OCH3 is 1. The number of nitrogens with zero attached hydrogens (tertiary/aromatic N) is 2. The molecular weight excluding hydrogens is 414 g/mol. The number of hydrogen-bond acceptors (Lipinski definition) is 4. The molecule has 1 amide bonds. The summed E-state index contributed by atoms with van der Waals surface area (Å²) in [5.74, 6) is 1.99. The van der Waals surface area contributed by atoms with Crippen molar-refractivity contribution in [3.05, 3.63) is 96.3 Å². The maximum absolute atomic E-state index is 12.5. The predicted octanol–water partition coefficient (Wildman–Crippen LogP) is 5.01. The van der Waals surface area contributed by atoms with Crippen molar-refractivity contribution in [3.8, 4) is 11.5 Å². The molecule has 168 valence electrons. The number of nitrogens with one attached hydrogen (secondary N) is 1. The number of fused-ring (bicyclic) bond motifs is 1. The molecule has 1 heterocycles. The number of aromatic nitrogens is 2. The van der Waals surface area contributed by atoms with Gasteiger partial charge >= 0.3 is 0 Å². The van der Waals surface area contributed by atoms with Gasteiger partial charge in [-0.1, -0.05) is 54.6 Å². The number of para-hydroxylation sites is 4. The van der Waals surface area contributed by atoms with Crippen LogP contribution >= 0.6 is 0 Å². The molecule has 0 radical (unpaired) electrons. The van der Waals surface area contributed by atoms with E-state index in [9.17, 15) is 4.79 Å². The molecule has 3 aromatic carbocycles. The van der Waals surface area contributed by atoms with Crippen LogP contribution in [-0.2, 0) is 11.3 Å². The van der Waals surface area contributed by atoms with Gasteiger partial charge in [-0.2, -0.15) is 0 Å². The Morgan fingerprint density at radius 2 is 1.70 bits per heavy atom. The summed E-state index contributed by atoms with van der Waals surface area (Å²) in [5.41, 5.74) is 2.85. The van der Waals surface area contributed by atoms with Gasteiger partial charge in [0.05, 0.1) is 30.7 Å². The minimum Gasteiger partial charge on any atom is -0.493 e. The largest absolute Gasteiger partial charge is 0.493 e. The number of benzene rings is 3. The molecule has 6 nitrogen and oxygen atoms in total. The Balaban J connectivity index is 1.49. The lowest BCUT2D eigenvalue weighted by molar-refractivity contribution is -0.117. The Morgan fingerprint density at radius 1 is 1.00 bits per heavy atom. The third kappa shape index (κ3) is 5.41. The number of hydrogen-bond donors (Lipinski definition) is 1. The van der Waals surface area contributed by atoms with Crippen molar-refractivity contribution < 1.29 is 14.3 Å². The number of amides is 1. The summed E-state index contributed by atoms with van der Waals surface area (Å²) >= 11 is 0. The first-order valence-electron chi connectivity index (χ1n) is 10.9. The molecule has 4 aromatic rings. The normalized spacial score (nSPS) is 12.1. The molecule has 1 N–H and O–H groups in total. The smallest absolute Gasteiger partial charge is 0.244 e. The zero-order valence-electron chi connectivity index (χ0n) is 18.8. The van der Waals surface area contributed by atoms with Gasteiger partial charge < -0.3 is 19.4 Å². The summed E-state index contributed by atoms with van der Waals surface area (Å²) in [6.07, 6.45) is 3.34. The third-order valence-corrected chi connectivity index (χ3v) is 5.30. The molecule has 0 spiro atoms. The lowest BCUT2D eigenvalue weighted by Crippen LogP contribution is -2.27. The van der Waals surface area contributed by atoms with E-state index >= 15 is 0 Å². The SMILES string of the molecule is COc1ccccc1OCCn1c(C(C)NC(=O)/C=C\c2ccccc2)nc2ccccc21. The van der Waals surface area contributed by atoms with Crippen molar-refractivity contribution >= 4 is 23.0 Å². The second-order valence-corrected chi connectivity index (χ2v) is 7.58. The molecule has 1 unspecified atom stereocenters. The first-order chi connectivity index (χ1) is 16.2. The average molecular weight is 442 g/mol. The minimum absolute atomic E-state index is 0.171. The zero-order chi connectivity index (χ0) is 23.0. The molecule has 0 fully saturated rings. The van der Waals surface area contributed by atoms with Crippen molar-refractivity contribution in [3.63, 3.8) is 0 Å². The molecule has 0 saturated heterocycles. The van der Waals surface area contributed by atoms with Crippen LogP contribution in [0.1, 0.15) is 24.4 Å². The van der Waals surface area contributed by atoms with Crippen molar-refractivity contribution in [2.75, 3.05) is 13.7 Å². The monoisotopic (exact) mass is 441 g/mol. The summed E-state index contributed by atoms with van der Waals surface area (Å²) in [5, 5.41) is 3.02. The van der Waals surface area contributed by atoms with Crippen molar-refractivity contribution in [2.45, 2.75) is 19.5 Å². The standard InChI is InChI=1S/C27H27N3O3/c1-20(28-26(31)17-16-21-10-4-3-5-11-21)27-29-22-12-6-7-13-23(22)30(27)18-19-33-25-15-9-8-14-24(25)32-2/h3-17,20H,18-19H2,1-2H3,(H,28,31)/b17-16-. The fraction of sp³-hybridized carbons (Fsp3) is 0.185. The van der Waals surface area contributed by atoms with Crippen LogP contribution in [0.15, 0.2) is 84.9 Å². The molecule has 0 aliphatic heterocycles. The Hall–Kier alpha value is -4.06. The summed E-state index contributed by atoms with van der Waals surface area (Å²) in [6, 6.07) is 25.0. The highest BCUT2D eigenvalue weighted by Crippen LogP contribution is 2.26. The van der Waals surface area contributed by atoms with E-state index in [1.165, 1.54) is 0 Å². The molecule has 33 heavy (non-hydrogen) atoms. The van der Waals surface area contributed by atoms with Gasteiger partial charge in [-0.05, 0) is 42.8 Å². The highest BCUT2D eigenvalue weighted by molar-refractivity contribution is 5.92. The van der Waals surface area contributed by atoms with Gasteiger partial charge in [-0.25, -0.2) is 4.98 Å². The van der Waals surface area contributed by atoms with E-state index < -0.39 is 0 Å². The summed E-state index contributed by atoms with van der Waals surface area (Å²) < 4.78 is 13.4. The first-order valence-corrected chi connectivity index (χ1v) is 10.9. The number of ether oxygens (including phenoxy) is 2. The lowest BCUT2D eigenvalue weighted by Gasteiger charge is -2.16. The van der Waals surface area contributed by atoms with Crippen LogP contribution in [0.25, 0.3) is 17.1 Å². The second kappa shape index (κ2) is 10.5. The fourth-order valence-corrected chi connectivity index (χ4v) is 3.71. The van der Waals surface area contributed by atoms with E-state index in [1.807, 2.05) is 85.8 Å². The van der Waals surface area contributed by atoms with E-state index in [0.29, 0.717) is 24.7 Å². The maximum atomic E-state index is 12.5. The minimum atomic E-state index is -0.281. The van der Waals surface area contributed by atoms with Gasteiger partial charge in [-0.15, -0.1) is 0 Å². The fourth-order valence-electron chi connectivity index (χ4n) is 3.71. The van der Waals surface area contributed by atoms with Crippen LogP contribution in [0.2, 0.25) is 0 Å². The number of rotatable bonds is 9. The topological polar surface area (TPSA) is 65.4 Å². The second-order valence-electron chi connectivity index (χ2n) is 7.58. The number of carbonyl (C=O) groups is 1. The molecular formula is C27H27N3O3. The van der Waals surface area contributed by atoms with E-state index in [1.54, 1.807) is 19.3 Å². The average Bonchev–Trinajstić information content (AvgIpc) is 3.22. The molecule has 0 aliphatic rings. The lowest BCUT2D eigenvalue weighted by atomic mass is 10.2. The molecule has 6 heteroatoms. The van der Waals surface area contributed by atoms with E-state index in [-0.39, 0.29) is 11.9 Å². The van der Waals surface area contributed by atoms with Gasteiger partial charge in [-0.3, -0.25) is 4.79 Å². The van der Waals surface area contributed by atoms with E-state index in [0.717, 1.165) is 22.4 Å². The van der Waals surface area contributed by atoms with Crippen molar-refractivity contribution in [2.24, 2.45) is 0 Å². The maximum Gasteiger partial charge on any atom is 0.244 e. The van der Waals surface area contributed by atoms with Crippen LogP contribution in [0, 0.1) is 0 Å². The Morgan fingerprint density at radius 3 is 2.48 bits per heavy atom. The molecule has 4 rings (SSSR count). The van der Waals surface area contributed by atoms with Gasteiger partial charge in [0.15, 0.2) is 11.5 Å². The quantitative estimate of drug-likeness (QED) is 0.371. The Kier molecular flexibility index (Phi) is 7.05. The van der Waals surface area contributed by atoms with Gasteiger partial charge in [0, 0.05) is 6.08 Å². The summed E-state index contributed by atoms with van der Waals surface area (Å²) in [4.78, 5) is 17.3. The Bertz CT molecular complexity index is 1250. The summed E-state index contributed by atoms with van der Waals surface area (Å²) in [6.45, 7) is 2.95. The number of imidazole rings is 1. The summed E-state index contributed by atoms with van der Waals surface area (Å²) in [7, 11) is 1.63. The third-order valence-electron chi connectivity index (χ3n) is 5.30. The predicted molar refractivity (Wildman–Crippen MR) is 130 cm³/mol. The zero-order valence-corrected chi connectivity index (χ0v) is 18.8. The van der Waals surface area contributed by atoms with Gasteiger partial charge in [0.2, 0.25) is 5.91 Å². The van der Waals surface area contributed by atoms with Crippen molar-refractivity contribution in [1.82, 2.24) is 14.9 Å². The van der Waals surface area contributed by atoms with Gasteiger partial charge in [0.1, 0.15) is 12.4 Å². The number of carbonyl (C=O) groups excluding carboxylic acids is 1. The van der Waals surface area contributed by atoms with E-state index in [2.05, 4.69) is 9.88 Å². The highest BCUT2D eigenvalue weighted by Gasteiger charge is 2.18. The molecule has 1 atom stereocenters. The molecule has 1 aromatic heterocycles. The van der Waals surface area contributed by atoms with E-state index in [4.69, 9.17) is 14.5 Å². The Labute approximate surface area is 193 Å². The van der Waals surface area contributed by atoms with Crippen molar-refractivity contribution in [1.29, 1.82) is 0 Å².